The molecule has 1 aliphatic rings. The number of urea groups is 1. The quantitative estimate of drug-likeness (QED) is 0.685. The van der Waals surface area contributed by atoms with Crippen LogP contribution in [0.5, 0.6) is 5.75 Å². The third kappa shape index (κ3) is 3.91. The average Bonchev–Trinajstić information content (AvgIpc) is 2.73. The molecule has 2 amide bonds. The largest absolute Gasteiger partial charge is 0.494 e. The number of carbonyl (C=O) groups excluding carboxylic acids is 1. The van der Waals surface area contributed by atoms with Crippen molar-refractivity contribution in [2.75, 3.05) is 25.5 Å². The van der Waals surface area contributed by atoms with E-state index in [4.69, 9.17) is 4.74 Å². The molecular formula is C22H23FN4O3. The fourth-order valence-electron chi connectivity index (χ4n) is 3.58. The molecule has 0 atom stereocenters. The van der Waals surface area contributed by atoms with Crippen LogP contribution in [0.2, 0.25) is 0 Å². The zero-order valence-electron chi connectivity index (χ0n) is 16.9. The lowest BCUT2D eigenvalue weighted by Gasteiger charge is -2.35. The number of rotatable bonds is 3. The topological polar surface area (TPSA) is 87.6 Å². The third-order valence-electron chi connectivity index (χ3n) is 5.41. The van der Waals surface area contributed by atoms with E-state index in [1.54, 1.807) is 42.2 Å². The minimum absolute atomic E-state index is 0.260. The number of aromatic nitrogens is 2. The van der Waals surface area contributed by atoms with Crippen molar-refractivity contribution in [1.82, 2.24) is 14.9 Å². The summed E-state index contributed by atoms with van der Waals surface area (Å²) >= 11 is 0. The van der Waals surface area contributed by atoms with E-state index in [2.05, 4.69) is 15.3 Å². The summed E-state index contributed by atoms with van der Waals surface area (Å²) in [4.78, 5) is 23.2. The molecule has 0 spiro atoms. The van der Waals surface area contributed by atoms with Gasteiger partial charge in [-0.1, -0.05) is 18.2 Å². The van der Waals surface area contributed by atoms with Gasteiger partial charge in [-0.25, -0.2) is 19.2 Å². The molecule has 0 bridgehead atoms. The highest BCUT2D eigenvalue weighted by atomic mass is 19.1. The molecular weight excluding hydrogens is 387 g/mol. The molecule has 0 unspecified atom stereocenters. The Morgan fingerprint density at radius 1 is 1.17 bits per heavy atom. The van der Waals surface area contributed by atoms with E-state index in [-0.39, 0.29) is 17.7 Å². The second-order valence-electron chi connectivity index (χ2n) is 7.66. The first-order valence-electron chi connectivity index (χ1n) is 9.75. The number of likely N-dealkylation sites (tertiary alicyclic amines) is 1. The van der Waals surface area contributed by atoms with Crippen LogP contribution in [-0.4, -0.2) is 51.8 Å². The SMILES string of the molecule is COc1ccc(-c2ccccc2F)c2nc(NC(=O)N3CCC(C)(O)CC3)cnc12. The molecule has 2 heterocycles. The summed E-state index contributed by atoms with van der Waals surface area (Å²) in [7, 11) is 1.53. The Kier molecular flexibility index (Phi) is 5.26. The molecule has 0 saturated carbocycles. The number of hydrogen-bond donors (Lipinski definition) is 2. The van der Waals surface area contributed by atoms with Crippen molar-refractivity contribution < 1.29 is 19.0 Å². The zero-order valence-corrected chi connectivity index (χ0v) is 16.9. The smallest absolute Gasteiger partial charge is 0.323 e. The predicted octanol–water partition coefficient (Wildman–Crippen LogP) is 3.82. The van der Waals surface area contributed by atoms with E-state index in [0.717, 1.165) is 0 Å². The van der Waals surface area contributed by atoms with Crippen molar-refractivity contribution in [3.8, 4) is 16.9 Å². The highest BCUT2D eigenvalue weighted by molar-refractivity contribution is 5.97. The van der Waals surface area contributed by atoms with Gasteiger partial charge in [-0.3, -0.25) is 5.32 Å². The summed E-state index contributed by atoms with van der Waals surface area (Å²) < 4.78 is 19.8. The molecule has 156 valence electrons. The number of aliphatic hydroxyl groups is 1. The van der Waals surface area contributed by atoms with Crippen LogP contribution in [-0.2, 0) is 0 Å². The molecule has 1 saturated heterocycles. The molecule has 8 heteroatoms. The monoisotopic (exact) mass is 410 g/mol. The van der Waals surface area contributed by atoms with E-state index in [0.29, 0.717) is 53.8 Å². The van der Waals surface area contributed by atoms with Gasteiger partial charge in [-0.15, -0.1) is 0 Å². The molecule has 1 fully saturated rings. The van der Waals surface area contributed by atoms with Gasteiger partial charge in [0.15, 0.2) is 5.82 Å². The molecule has 0 radical (unpaired) electrons. The fourth-order valence-corrected chi connectivity index (χ4v) is 3.58. The maximum Gasteiger partial charge on any atom is 0.323 e. The van der Waals surface area contributed by atoms with Crippen LogP contribution in [0.15, 0.2) is 42.6 Å². The molecule has 4 rings (SSSR count). The molecule has 1 aliphatic heterocycles. The molecule has 2 N–H and O–H groups in total. The third-order valence-corrected chi connectivity index (χ3v) is 5.41. The number of carbonyl (C=O) groups is 1. The van der Waals surface area contributed by atoms with Crippen molar-refractivity contribution in [1.29, 1.82) is 0 Å². The zero-order chi connectivity index (χ0) is 21.3. The normalized spacial score (nSPS) is 15.8. The minimum Gasteiger partial charge on any atom is -0.494 e. The maximum atomic E-state index is 14.4. The van der Waals surface area contributed by atoms with Gasteiger partial charge in [0, 0.05) is 24.2 Å². The van der Waals surface area contributed by atoms with Gasteiger partial charge >= 0.3 is 6.03 Å². The Hall–Kier alpha value is -3.26. The number of methoxy groups -OCH3 is 1. The molecule has 7 nitrogen and oxygen atoms in total. The standard InChI is InChI=1S/C22H23FN4O3/c1-22(29)9-11-27(12-10-22)21(28)26-18-13-24-20-17(30-2)8-7-15(19(20)25-18)14-5-3-4-6-16(14)23/h3-8,13,29H,9-12H2,1-2H3,(H,25,26,28). The lowest BCUT2D eigenvalue weighted by Crippen LogP contribution is -2.46. The van der Waals surface area contributed by atoms with Crippen LogP contribution in [0.3, 0.4) is 0 Å². The highest BCUT2D eigenvalue weighted by Crippen LogP contribution is 2.34. The van der Waals surface area contributed by atoms with Gasteiger partial charge in [0.05, 0.1) is 18.9 Å². The van der Waals surface area contributed by atoms with Gasteiger partial charge in [-0.2, -0.15) is 0 Å². The van der Waals surface area contributed by atoms with Crippen molar-refractivity contribution in [3.63, 3.8) is 0 Å². The number of ether oxygens (including phenoxy) is 1. The minimum atomic E-state index is -0.745. The van der Waals surface area contributed by atoms with Crippen molar-refractivity contribution in [2.45, 2.75) is 25.4 Å². The van der Waals surface area contributed by atoms with Gasteiger partial charge in [-0.05, 0) is 38.0 Å². The first-order chi connectivity index (χ1) is 14.4. The summed E-state index contributed by atoms with van der Waals surface area (Å²) in [6, 6.07) is 9.56. The van der Waals surface area contributed by atoms with Crippen LogP contribution in [0, 0.1) is 5.82 Å². The Morgan fingerprint density at radius 2 is 1.90 bits per heavy atom. The molecule has 2 aromatic carbocycles. The fraction of sp³-hybridized carbons (Fsp3) is 0.318. The maximum absolute atomic E-state index is 14.4. The lowest BCUT2D eigenvalue weighted by atomic mass is 9.94. The summed E-state index contributed by atoms with van der Waals surface area (Å²) in [5.41, 5.74) is 1.11. The number of anilines is 1. The average molecular weight is 410 g/mol. The van der Waals surface area contributed by atoms with Crippen molar-refractivity contribution in [2.24, 2.45) is 0 Å². The number of halogens is 1. The second kappa shape index (κ2) is 7.87. The van der Waals surface area contributed by atoms with Gasteiger partial charge < -0.3 is 14.7 Å². The van der Waals surface area contributed by atoms with Gasteiger partial charge in [0.1, 0.15) is 22.6 Å². The van der Waals surface area contributed by atoms with Crippen LogP contribution >= 0.6 is 0 Å². The Morgan fingerprint density at radius 3 is 2.60 bits per heavy atom. The molecule has 30 heavy (non-hydrogen) atoms. The molecule has 1 aromatic heterocycles. The van der Waals surface area contributed by atoms with E-state index >= 15 is 0 Å². The van der Waals surface area contributed by atoms with E-state index in [9.17, 15) is 14.3 Å². The summed E-state index contributed by atoms with van der Waals surface area (Å²) in [6.07, 6.45) is 2.48. The van der Waals surface area contributed by atoms with E-state index in [1.807, 2.05) is 0 Å². The first-order valence-corrected chi connectivity index (χ1v) is 9.75. The number of amides is 2. The van der Waals surface area contributed by atoms with Crippen molar-refractivity contribution >= 4 is 22.9 Å². The number of piperidine rings is 1. The molecule has 0 aliphatic carbocycles. The summed E-state index contributed by atoms with van der Waals surface area (Å²) in [5.74, 6) is 0.393. The van der Waals surface area contributed by atoms with Crippen molar-refractivity contribution in [3.05, 3.63) is 48.4 Å². The highest BCUT2D eigenvalue weighted by Gasteiger charge is 2.29. The predicted molar refractivity (Wildman–Crippen MR) is 112 cm³/mol. The summed E-state index contributed by atoms with van der Waals surface area (Å²) in [6.45, 7) is 2.68. The molecule has 3 aromatic rings. The Balaban J connectivity index is 1.68. The lowest BCUT2D eigenvalue weighted by molar-refractivity contribution is 0.00569. The van der Waals surface area contributed by atoms with Crippen LogP contribution in [0.1, 0.15) is 19.8 Å². The second-order valence-corrected chi connectivity index (χ2v) is 7.66. The van der Waals surface area contributed by atoms with E-state index < -0.39 is 5.60 Å². The first kappa shape index (κ1) is 20.0. The van der Waals surface area contributed by atoms with E-state index in [1.165, 1.54) is 19.4 Å². The number of nitrogens with one attached hydrogen (secondary N) is 1. The Labute approximate surface area is 173 Å². The number of nitrogens with zero attached hydrogens (tertiary/aromatic N) is 3. The summed E-state index contributed by atoms with van der Waals surface area (Å²) in [5, 5.41) is 12.8. The van der Waals surface area contributed by atoms with Gasteiger partial charge in [0.25, 0.3) is 0 Å². The number of benzene rings is 2. The van der Waals surface area contributed by atoms with Crippen LogP contribution in [0.4, 0.5) is 15.0 Å². The van der Waals surface area contributed by atoms with Crippen LogP contribution < -0.4 is 10.1 Å². The Bertz CT molecular complexity index is 1090. The number of fused-ring (bicyclic) bond motifs is 1. The number of hydrogen-bond acceptors (Lipinski definition) is 5. The van der Waals surface area contributed by atoms with Crippen LogP contribution in [0.25, 0.3) is 22.2 Å². The van der Waals surface area contributed by atoms with Gasteiger partial charge in [0.2, 0.25) is 0 Å².